The molecule has 39 heavy (non-hydrogen) atoms. The van der Waals surface area contributed by atoms with Crippen LogP contribution in [0.4, 0.5) is 22.0 Å². The first kappa shape index (κ1) is 28.0. The van der Waals surface area contributed by atoms with Crippen LogP contribution in [0.3, 0.4) is 0 Å². The zero-order chi connectivity index (χ0) is 28.4. The van der Waals surface area contributed by atoms with Crippen molar-refractivity contribution in [3.8, 4) is 11.4 Å². The molecule has 208 valence electrons. The van der Waals surface area contributed by atoms with Crippen LogP contribution in [0.5, 0.6) is 5.75 Å². The lowest BCUT2D eigenvalue weighted by molar-refractivity contribution is -0.0941. The Balaban J connectivity index is 1.65. The van der Waals surface area contributed by atoms with Gasteiger partial charge in [0, 0.05) is 11.5 Å². The summed E-state index contributed by atoms with van der Waals surface area (Å²) in [6, 6.07) is 8.98. The molecular formula is C26H27F5N6O2. The number of hydrogen-bond donors (Lipinski definition) is 0. The Morgan fingerprint density at radius 3 is 2.28 bits per heavy atom. The molecule has 0 fully saturated rings. The summed E-state index contributed by atoms with van der Waals surface area (Å²) in [6.45, 7) is 3.38. The molecular weight excluding hydrogens is 523 g/mol. The van der Waals surface area contributed by atoms with Crippen LogP contribution < -0.4 is 10.4 Å². The second kappa shape index (κ2) is 11.0. The SMILES string of the molecule is CC(F)C(F)(F)COc1ccc(-n2cnn(C[C@](Cn3cncn3)(c3ccc(F)cc3F)C(C)C)c2=O)cc1. The lowest BCUT2D eigenvalue weighted by atomic mass is 9.71. The third-order valence-electron chi connectivity index (χ3n) is 6.78. The molecule has 13 heteroatoms. The van der Waals surface area contributed by atoms with Gasteiger partial charge in [0.2, 0.25) is 0 Å². The van der Waals surface area contributed by atoms with Crippen LogP contribution in [0.25, 0.3) is 5.69 Å². The Hall–Kier alpha value is -4.03. The zero-order valence-corrected chi connectivity index (χ0v) is 21.4. The summed E-state index contributed by atoms with van der Waals surface area (Å²) in [7, 11) is 0. The molecule has 0 saturated heterocycles. The number of benzene rings is 2. The summed E-state index contributed by atoms with van der Waals surface area (Å²) in [6.07, 6.45) is 1.71. The van der Waals surface area contributed by atoms with Gasteiger partial charge in [0.05, 0.1) is 18.8 Å². The largest absolute Gasteiger partial charge is 0.487 e. The van der Waals surface area contributed by atoms with Gasteiger partial charge in [-0.2, -0.15) is 19.0 Å². The molecule has 2 atom stereocenters. The molecule has 0 aliphatic heterocycles. The van der Waals surface area contributed by atoms with E-state index in [0.717, 1.165) is 19.1 Å². The van der Waals surface area contributed by atoms with Crippen LogP contribution >= 0.6 is 0 Å². The first-order chi connectivity index (χ1) is 18.4. The molecule has 4 rings (SSSR count). The van der Waals surface area contributed by atoms with E-state index >= 15 is 4.39 Å². The molecule has 2 heterocycles. The molecule has 0 spiro atoms. The van der Waals surface area contributed by atoms with E-state index < -0.39 is 41.4 Å². The van der Waals surface area contributed by atoms with E-state index in [1.807, 2.05) is 13.8 Å². The van der Waals surface area contributed by atoms with Crippen LogP contribution in [-0.4, -0.2) is 47.8 Å². The fraction of sp³-hybridized carbons (Fsp3) is 0.385. The predicted octanol–water partition coefficient (Wildman–Crippen LogP) is 4.57. The van der Waals surface area contributed by atoms with Crippen molar-refractivity contribution in [2.75, 3.05) is 6.61 Å². The summed E-state index contributed by atoms with van der Waals surface area (Å²) >= 11 is 0. The van der Waals surface area contributed by atoms with Crippen molar-refractivity contribution in [2.24, 2.45) is 5.92 Å². The van der Waals surface area contributed by atoms with Gasteiger partial charge >= 0.3 is 11.6 Å². The molecule has 1 unspecified atom stereocenters. The minimum atomic E-state index is -3.64. The van der Waals surface area contributed by atoms with Crippen molar-refractivity contribution in [3.63, 3.8) is 0 Å². The van der Waals surface area contributed by atoms with Crippen LogP contribution in [0.2, 0.25) is 0 Å². The number of rotatable bonds is 11. The van der Waals surface area contributed by atoms with Gasteiger partial charge < -0.3 is 4.74 Å². The molecule has 0 amide bonds. The van der Waals surface area contributed by atoms with Crippen LogP contribution in [0.1, 0.15) is 26.3 Å². The van der Waals surface area contributed by atoms with Crippen molar-refractivity contribution in [2.45, 2.75) is 51.4 Å². The number of halogens is 5. The third-order valence-corrected chi connectivity index (χ3v) is 6.78. The normalized spacial score (nSPS) is 14.4. The van der Waals surface area contributed by atoms with Crippen molar-refractivity contribution < 1.29 is 26.7 Å². The lowest BCUT2D eigenvalue weighted by Crippen LogP contribution is -2.45. The topological polar surface area (TPSA) is 79.8 Å². The minimum Gasteiger partial charge on any atom is -0.487 e. The highest BCUT2D eigenvalue weighted by Gasteiger charge is 2.41. The monoisotopic (exact) mass is 550 g/mol. The third kappa shape index (κ3) is 5.86. The zero-order valence-electron chi connectivity index (χ0n) is 21.4. The van der Waals surface area contributed by atoms with Gasteiger partial charge in [0.25, 0.3) is 0 Å². The molecule has 0 N–H and O–H groups in total. The maximum Gasteiger partial charge on any atom is 0.350 e. The molecule has 2 aromatic heterocycles. The van der Waals surface area contributed by atoms with Gasteiger partial charge in [-0.1, -0.05) is 19.9 Å². The van der Waals surface area contributed by atoms with Crippen molar-refractivity contribution in [1.82, 2.24) is 29.1 Å². The Kier molecular flexibility index (Phi) is 7.89. The van der Waals surface area contributed by atoms with Gasteiger partial charge in [-0.3, -0.25) is 4.68 Å². The Bertz CT molecular complexity index is 1450. The molecule has 0 aliphatic carbocycles. The number of ether oxygens (including phenoxy) is 1. The molecule has 0 bridgehead atoms. The van der Waals surface area contributed by atoms with Crippen molar-refractivity contribution >= 4 is 0 Å². The second-order valence-corrected chi connectivity index (χ2v) is 9.63. The van der Waals surface area contributed by atoms with Crippen molar-refractivity contribution in [3.05, 3.63) is 89.1 Å². The van der Waals surface area contributed by atoms with Gasteiger partial charge in [0.15, 0.2) is 12.8 Å². The quantitative estimate of drug-likeness (QED) is 0.256. The van der Waals surface area contributed by atoms with Gasteiger partial charge in [-0.05, 0) is 48.7 Å². The van der Waals surface area contributed by atoms with E-state index in [1.165, 1.54) is 63.2 Å². The highest BCUT2D eigenvalue weighted by molar-refractivity contribution is 5.37. The average molecular weight is 551 g/mol. The summed E-state index contributed by atoms with van der Waals surface area (Å²) in [5.74, 6) is -5.33. The first-order valence-electron chi connectivity index (χ1n) is 12.1. The van der Waals surface area contributed by atoms with E-state index in [1.54, 1.807) is 0 Å². The number of alkyl halides is 3. The van der Waals surface area contributed by atoms with Gasteiger partial charge in [0.1, 0.15) is 36.4 Å². The molecule has 4 aromatic rings. The lowest BCUT2D eigenvalue weighted by Gasteiger charge is -2.38. The maximum absolute atomic E-state index is 15.1. The number of aromatic nitrogens is 6. The predicted molar refractivity (Wildman–Crippen MR) is 132 cm³/mol. The fourth-order valence-electron chi connectivity index (χ4n) is 4.28. The standard InChI is InChI=1S/C26H27F5N6O2/c1-17(2)25(11-35-15-32-14-33-35,22-9-4-19(28)10-23(22)29)12-37-24(38)36(16-34-37)20-5-7-21(8-6-20)39-13-26(30,31)18(3)27/h4-10,14-18H,11-13H2,1-3H3/t18?,25-/m0/s1. The molecule has 2 aromatic carbocycles. The van der Waals surface area contributed by atoms with Crippen molar-refractivity contribution in [1.29, 1.82) is 0 Å². The van der Waals surface area contributed by atoms with E-state index in [0.29, 0.717) is 5.69 Å². The van der Waals surface area contributed by atoms with Crippen LogP contribution in [0, 0.1) is 17.6 Å². The van der Waals surface area contributed by atoms with E-state index in [9.17, 15) is 22.4 Å². The van der Waals surface area contributed by atoms with E-state index in [2.05, 4.69) is 15.2 Å². The number of nitrogens with zero attached hydrogens (tertiary/aromatic N) is 6. The summed E-state index contributed by atoms with van der Waals surface area (Å²) in [5.41, 5.74) is -1.07. The first-order valence-corrected chi connectivity index (χ1v) is 12.1. The van der Waals surface area contributed by atoms with Gasteiger partial charge in [-0.25, -0.2) is 32.2 Å². The smallest absolute Gasteiger partial charge is 0.350 e. The highest BCUT2D eigenvalue weighted by Crippen LogP contribution is 2.37. The van der Waals surface area contributed by atoms with E-state index in [-0.39, 0.29) is 30.3 Å². The summed E-state index contributed by atoms with van der Waals surface area (Å²) < 4.78 is 77.8. The maximum atomic E-state index is 15.1. The average Bonchev–Trinajstić information content (AvgIpc) is 3.52. The van der Waals surface area contributed by atoms with Crippen LogP contribution in [-0.2, 0) is 18.5 Å². The molecule has 8 nitrogen and oxygen atoms in total. The second-order valence-electron chi connectivity index (χ2n) is 9.63. The van der Waals surface area contributed by atoms with E-state index in [4.69, 9.17) is 4.74 Å². The molecule has 0 radical (unpaired) electrons. The number of hydrogen-bond acceptors (Lipinski definition) is 5. The molecule has 0 aliphatic rings. The summed E-state index contributed by atoms with van der Waals surface area (Å²) in [5, 5.41) is 8.36. The van der Waals surface area contributed by atoms with Crippen LogP contribution in [0.15, 0.2) is 66.2 Å². The minimum absolute atomic E-state index is 0.0676. The molecule has 0 saturated carbocycles. The Labute approximate surface area is 220 Å². The van der Waals surface area contributed by atoms with Gasteiger partial charge in [-0.15, -0.1) is 0 Å². The summed E-state index contributed by atoms with van der Waals surface area (Å²) in [4.78, 5) is 17.3. The highest BCUT2D eigenvalue weighted by atomic mass is 19.3. The Morgan fingerprint density at radius 2 is 1.69 bits per heavy atom. The fourth-order valence-corrected chi connectivity index (χ4v) is 4.28. The Morgan fingerprint density at radius 1 is 0.974 bits per heavy atom.